The van der Waals surface area contributed by atoms with Gasteiger partial charge in [0.05, 0.1) is 5.69 Å². The zero-order valence-corrected chi connectivity index (χ0v) is 7.43. The molecular weight excluding hydrogens is 176 g/mol. The van der Waals surface area contributed by atoms with Gasteiger partial charge in [-0.2, -0.15) is 0 Å². The third-order valence-corrected chi connectivity index (χ3v) is 1.68. The van der Waals surface area contributed by atoms with Crippen LogP contribution in [0.1, 0.15) is 5.69 Å². The van der Waals surface area contributed by atoms with E-state index in [0.717, 1.165) is 31.1 Å². The Bertz CT molecular complexity index is 230. The summed E-state index contributed by atoms with van der Waals surface area (Å²) in [6, 6.07) is 3.85. The molecule has 4 heteroatoms. The van der Waals surface area contributed by atoms with Gasteiger partial charge in [0.1, 0.15) is 12.4 Å². The molecule has 0 amide bonds. The summed E-state index contributed by atoms with van der Waals surface area (Å²) in [7, 11) is 0. The van der Waals surface area contributed by atoms with Gasteiger partial charge >= 0.3 is 0 Å². The summed E-state index contributed by atoms with van der Waals surface area (Å²) in [6.07, 6.45) is 1.79. The quantitative estimate of drug-likeness (QED) is 0.656. The third-order valence-electron chi connectivity index (χ3n) is 1.68. The number of ether oxygens (including phenoxy) is 1. The second kappa shape index (κ2) is 4.28. The lowest BCUT2D eigenvalue weighted by molar-refractivity contribution is 0.325. The van der Waals surface area contributed by atoms with Crippen LogP contribution < -0.4 is 10.1 Å². The van der Waals surface area contributed by atoms with Gasteiger partial charge < -0.3 is 10.1 Å². The normalized spacial score (nSPS) is 15.0. The Balaban J connectivity index is 0.000000720. The Labute approximate surface area is 77.6 Å². The van der Waals surface area contributed by atoms with E-state index < -0.39 is 0 Å². The molecule has 0 atom stereocenters. The van der Waals surface area contributed by atoms with Crippen molar-refractivity contribution in [1.29, 1.82) is 0 Å². The fourth-order valence-corrected chi connectivity index (χ4v) is 1.13. The first-order valence-corrected chi connectivity index (χ1v) is 3.74. The summed E-state index contributed by atoms with van der Waals surface area (Å²) in [5.74, 6) is 0.914. The number of nitrogens with zero attached hydrogens (tertiary/aromatic N) is 1. The molecule has 0 aromatic carbocycles. The van der Waals surface area contributed by atoms with Crippen LogP contribution in [0.4, 0.5) is 0 Å². The Kier molecular flexibility index (Phi) is 3.31. The number of hydrogen-bond acceptors (Lipinski definition) is 3. The van der Waals surface area contributed by atoms with E-state index in [1.807, 2.05) is 12.1 Å². The number of nitrogens with one attached hydrogen (secondary N) is 1. The largest absolute Gasteiger partial charge is 0.490 e. The average Bonchev–Trinajstić information content (AvgIpc) is 2.28. The molecular formula is C8H11ClN2O. The summed E-state index contributed by atoms with van der Waals surface area (Å²) in [5, 5.41) is 3.22. The molecule has 1 aliphatic heterocycles. The smallest absolute Gasteiger partial charge is 0.142 e. The molecule has 2 heterocycles. The maximum absolute atomic E-state index is 5.42. The Hall–Kier alpha value is -0.800. The minimum atomic E-state index is 0. The molecule has 1 aliphatic rings. The Morgan fingerprint density at radius 1 is 1.50 bits per heavy atom. The summed E-state index contributed by atoms with van der Waals surface area (Å²) >= 11 is 0. The molecule has 1 aromatic heterocycles. The van der Waals surface area contributed by atoms with Gasteiger partial charge in [0.15, 0.2) is 0 Å². The van der Waals surface area contributed by atoms with Gasteiger partial charge in [0, 0.05) is 19.3 Å². The van der Waals surface area contributed by atoms with Gasteiger partial charge in [-0.15, -0.1) is 12.4 Å². The van der Waals surface area contributed by atoms with Crippen molar-refractivity contribution in [2.24, 2.45) is 0 Å². The summed E-state index contributed by atoms with van der Waals surface area (Å²) < 4.78 is 5.42. The topological polar surface area (TPSA) is 34.1 Å². The second-order valence-corrected chi connectivity index (χ2v) is 2.47. The molecule has 12 heavy (non-hydrogen) atoms. The molecule has 0 saturated heterocycles. The standard InChI is InChI=1S/C8H10N2O.ClH/c1-2-8-7(10-3-1)6-9-4-5-11-8;/h1-3,9H,4-6H2;1H. The van der Waals surface area contributed by atoms with E-state index in [4.69, 9.17) is 4.74 Å². The molecule has 1 N–H and O–H groups in total. The van der Waals surface area contributed by atoms with Crippen LogP contribution >= 0.6 is 12.4 Å². The fourth-order valence-electron chi connectivity index (χ4n) is 1.13. The van der Waals surface area contributed by atoms with Gasteiger partial charge in [-0.3, -0.25) is 4.98 Å². The zero-order valence-electron chi connectivity index (χ0n) is 6.62. The van der Waals surface area contributed by atoms with Crippen molar-refractivity contribution in [1.82, 2.24) is 10.3 Å². The summed E-state index contributed by atoms with van der Waals surface area (Å²) in [4.78, 5) is 4.19. The molecule has 0 fully saturated rings. The molecule has 0 spiro atoms. The van der Waals surface area contributed by atoms with Crippen LogP contribution in [0.3, 0.4) is 0 Å². The van der Waals surface area contributed by atoms with Crippen molar-refractivity contribution >= 4 is 12.4 Å². The molecule has 0 saturated carbocycles. The SMILES string of the molecule is Cl.c1cnc2c(c1)OCCNC2. The first kappa shape index (κ1) is 9.29. The van der Waals surface area contributed by atoms with Crippen molar-refractivity contribution < 1.29 is 4.74 Å². The van der Waals surface area contributed by atoms with Crippen molar-refractivity contribution in [3.05, 3.63) is 24.0 Å². The van der Waals surface area contributed by atoms with Crippen LogP contribution in [0.5, 0.6) is 5.75 Å². The van der Waals surface area contributed by atoms with E-state index in [2.05, 4.69) is 10.3 Å². The number of halogens is 1. The zero-order chi connectivity index (χ0) is 7.52. The molecule has 3 nitrogen and oxygen atoms in total. The van der Waals surface area contributed by atoms with Gasteiger partial charge in [-0.05, 0) is 12.1 Å². The fraction of sp³-hybridized carbons (Fsp3) is 0.375. The summed E-state index contributed by atoms with van der Waals surface area (Å²) in [5.41, 5.74) is 1.00. The summed E-state index contributed by atoms with van der Waals surface area (Å²) in [6.45, 7) is 2.45. The highest BCUT2D eigenvalue weighted by atomic mass is 35.5. The van der Waals surface area contributed by atoms with Crippen molar-refractivity contribution in [2.75, 3.05) is 13.2 Å². The molecule has 66 valence electrons. The van der Waals surface area contributed by atoms with E-state index in [9.17, 15) is 0 Å². The maximum atomic E-state index is 5.42. The van der Waals surface area contributed by atoms with Crippen LogP contribution in [0.2, 0.25) is 0 Å². The monoisotopic (exact) mass is 186 g/mol. The maximum Gasteiger partial charge on any atom is 0.142 e. The minimum absolute atomic E-state index is 0. The Morgan fingerprint density at radius 2 is 2.42 bits per heavy atom. The Morgan fingerprint density at radius 3 is 3.33 bits per heavy atom. The van der Waals surface area contributed by atoms with Crippen LogP contribution in [-0.2, 0) is 6.54 Å². The highest BCUT2D eigenvalue weighted by Crippen LogP contribution is 2.15. The van der Waals surface area contributed by atoms with Gasteiger partial charge in [-0.25, -0.2) is 0 Å². The van der Waals surface area contributed by atoms with Crippen LogP contribution in [0.25, 0.3) is 0 Å². The second-order valence-electron chi connectivity index (χ2n) is 2.47. The third kappa shape index (κ3) is 1.87. The van der Waals surface area contributed by atoms with E-state index in [1.165, 1.54) is 0 Å². The van der Waals surface area contributed by atoms with E-state index >= 15 is 0 Å². The molecule has 2 rings (SSSR count). The number of fused-ring (bicyclic) bond motifs is 1. The average molecular weight is 187 g/mol. The van der Waals surface area contributed by atoms with Crippen molar-refractivity contribution in [3.8, 4) is 5.75 Å². The van der Waals surface area contributed by atoms with E-state index in [-0.39, 0.29) is 12.4 Å². The number of hydrogen-bond donors (Lipinski definition) is 1. The van der Waals surface area contributed by atoms with E-state index in [0.29, 0.717) is 0 Å². The predicted molar refractivity (Wildman–Crippen MR) is 48.7 cm³/mol. The van der Waals surface area contributed by atoms with Gasteiger partial charge in [0.25, 0.3) is 0 Å². The lowest BCUT2D eigenvalue weighted by Gasteiger charge is -2.02. The lowest BCUT2D eigenvalue weighted by atomic mass is 10.3. The van der Waals surface area contributed by atoms with E-state index in [1.54, 1.807) is 6.20 Å². The molecule has 0 bridgehead atoms. The van der Waals surface area contributed by atoms with Crippen LogP contribution in [0.15, 0.2) is 18.3 Å². The first-order chi connectivity index (χ1) is 5.47. The predicted octanol–water partition coefficient (Wildman–Crippen LogP) is 0.985. The molecule has 0 aliphatic carbocycles. The van der Waals surface area contributed by atoms with Crippen molar-refractivity contribution in [2.45, 2.75) is 6.54 Å². The van der Waals surface area contributed by atoms with Gasteiger partial charge in [0.2, 0.25) is 0 Å². The number of aromatic nitrogens is 1. The van der Waals surface area contributed by atoms with Crippen LogP contribution in [0, 0.1) is 0 Å². The van der Waals surface area contributed by atoms with Gasteiger partial charge in [-0.1, -0.05) is 0 Å². The first-order valence-electron chi connectivity index (χ1n) is 3.74. The number of rotatable bonds is 0. The van der Waals surface area contributed by atoms with Crippen molar-refractivity contribution in [3.63, 3.8) is 0 Å². The van der Waals surface area contributed by atoms with Crippen LogP contribution in [-0.4, -0.2) is 18.1 Å². The highest BCUT2D eigenvalue weighted by molar-refractivity contribution is 5.85. The molecule has 0 unspecified atom stereocenters. The highest BCUT2D eigenvalue weighted by Gasteiger charge is 2.06. The minimum Gasteiger partial charge on any atom is -0.490 e. The molecule has 0 radical (unpaired) electrons. The lowest BCUT2D eigenvalue weighted by Crippen LogP contribution is -2.16. The molecule has 1 aromatic rings. The number of pyridine rings is 1.